The zero-order chi connectivity index (χ0) is 13.1. The van der Waals surface area contributed by atoms with Crippen LogP contribution in [0.15, 0.2) is 24.3 Å². The fourth-order valence-corrected chi connectivity index (χ4v) is 2.15. The van der Waals surface area contributed by atoms with Crippen LogP contribution in [0.4, 0.5) is 0 Å². The van der Waals surface area contributed by atoms with Gasteiger partial charge in [0.1, 0.15) is 16.8 Å². The van der Waals surface area contributed by atoms with E-state index in [0.29, 0.717) is 23.7 Å². The van der Waals surface area contributed by atoms with Gasteiger partial charge >= 0.3 is 0 Å². The molecule has 0 aliphatic heterocycles. The summed E-state index contributed by atoms with van der Waals surface area (Å²) >= 11 is 6.19. The summed E-state index contributed by atoms with van der Waals surface area (Å²) < 4.78 is 1.70. The van der Waals surface area contributed by atoms with Gasteiger partial charge in [0.25, 0.3) is 0 Å². The van der Waals surface area contributed by atoms with E-state index in [1.807, 2.05) is 25.1 Å². The molecule has 0 saturated carbocycles. The van der Waals surface area contributed by atoms with E-state index in [2.05, 4.69) is 24.2 Å². The topological polar surface area (TPSA) is 41.6 Å². The average molecular weight is 260 g/mol. The van der Waals surface area contributed by atoms with Gasteiger partial charge < -0.3 is 0 Å². The Morgan fingerprint density at radius 1 is 1.39 bits per heavy atom. The molecule has 92 valence electrons. The molecule has 0 aliphatic rings. The molecule has 18 heavy (non-hydrogen) atoms. The Hall–Kier alpha value is -1.79. The molecule has 3 nitrogen and oxygen atoms in total. The van der Waals surface area contributed by atoms with E-state index in [4.69, 9.17) is 16.9 Å². The van der Waals surface area contributed by atoms with Crippen LogP contribution < -0.4 is 0 Å². The molecular formula is C14H14ClN3. The van der Waals surface area contributed by atoms with E-state index < -0.39 is 0 Å². The highest BCUT2D eigenvalue weighted by molar-refractivity contribution is 6.30. The first-order chi connectivity index (χ1) is 8.67. The van der Waals surface area contributed by atoms with Crippen molar-refractivity contribution < 1.29 is 0 Å². The third-order valence-electron chi connectivity index (χ3n) is 2.99. The number of nitrogens with zero attached hydrogens (tertiary/aromatic N) is 3. The van der Waals surface area contributed by atoms with Crippen molar-refractivity contribution in [3.63, 3.8) is 0 Å². The number of aryl methyl sites for hydroxylation is 2. The predicted molar refractivity (Wildman–Crippen MR) is 71.6 cm³/mol. The van der Waals surface area contributed by atoms with Crippen molar-refractivity contribution in [1.82, 2.24) is 9.78 Å². The maximum absolute atomic E-state index is 9.08. The van der Waals surface area contributed by atoms with Crippen molar-refractivity contribution in [2.24, 2.45) is 0 Å². The average Bonchev–Trinajstić information content (AvgIpc) is 2.68. The Bertz CT molecular complexity index is 608. The third-order valence-corrected chi connectivity index (χ3v) is 3.38. The molecule has 1 aromatic heterocycles. The molecule has 1 heterocycles. The molecule has 0 radical (unpaired) electrons. The van der Waals surface area contributed by atoms with E-state index in [1.165, 1.54) is 5.56 Å². The van der Waals surface area contributed by atoms with E-state index in [-0.39, 0.29) is 0 Å². The molecule has 0 atom stereocenters. The minimum Gasteiger partial charge on any atom is -0.248 e. The first-order valence-corrected chi connectivity index (χ1v) is 6.25. The highest BCUT2D eigenvalue weighted by Gasteiger charge is 2.15. The van der Waals surface area contributed by atoms with Crippen LogP contribution in [0, 0.1) is 18.3 Å². The molecule has 0 unspecified atom stereocenters. The zero-order valence-corrected chi connectivity index (χ0v) is 11.2. The molecule has 0 bridgehead atoms. The standard InChI is InChI=1S/C14H14ClN3/c1-3-13-12(8-16)14(15)18(17-13)9-11-7-5-4-6-10(11)2/h4-7H,3,9H2,1-2H3. The summed E-state index contributed by atoms with van der Waals surface area (Å²) in [6.07, 6.45) is 0.712. The van der Waals surface area contributed by atoms with E-state index in [9.17, 15) is 0 Å². The Kier molecular flexibility index (Phi) is 3.69. The van der Waals surface area contributed by atoms with Crippen LogP contribution in [0.2, 0.25) is 5.15 Å². The summed E-state index contributed by atoms with van der Waals surface area (Å²) in [6.45, 7) is 4.62. The van der Waals surface area contributed by atoms with Crippen LogP contribution >= 0.6 is 11.6 Å². The maximum atomic E-state index is 9.08. The Labute approximate surface area is 112 Å². The largest absolute Gasteiger partial charge is 0.248 e. The molecule has 1 aromatic carbocycles. The molecule has 0 aliphatic carbocycles. The summed E-state index contributed by atoms with van der Waals surface area (Å²) in [5.74, 6) is 0. The van der Waals surface area contributed by atoms with Crippen LogP contribution in [-0.2, 0) is 13.0 Å². The fourth-order valence-electron chi connectivity index (χ4n) is 1.90. The van der Waals surface area contributed by atoms with Gasteiger partial charge in [-0.05, 0) is 24.5 Å². The van der Waals surface area contributed by atoms with Crippen LogP contribution in [0.3, 0.4) is 0 Å². The molecule has 0 amide bonds. The summed E-state index contributed by atoms with van der Waals surface area (Å²) in [6, 6.07) is 10.2. The summed E-state index contributed by atoms with van der Waals surface area (Å²) in [5, 5.41) is 13.9. The van der Waals surface area contributed by atoms with Crippen LogP contribution in [0.25, 0.3) is 0 Å². The SMILES string of the molecule is CCc1nn(Cc2ccccc2C)c(Cl)c1C#N. The molecule has 2 aromatic rings. The third kappa shape index (κ3) is 2.25. The predicted octanol–water partition coefficient (Wildman–Crippen LogP) is 3.33. The second kappa shape index (κ2) is 5.24. The Morgan fingerprint density at radius 3 is 2.67 bits per heavy atom. The first kappa shape index (κ1) is 12.7. The molecule has 2 rings (SSSR count). The summed E-state index contributed by atoms with van der Waals surface area (Å²) in [4.78, 5) is 0. The van der Waals surface area contributed by atoms with Gasteiger partial charge in [0, 0.05) is 0 Å². The number of hydrogen-bond acceptors (Lipinski definition) is 2. The van der Waals surface area contributed by atoms with Crippen molar-refractivity contribution in [2.45, 2.75) is 26.8 Å². The molecule has 4 heteroatoms. The van der Waals surface area contributed by atoms with Gasteiger partial charge in [-0.1, -0.05) is 42.8 Å². The van der Waals surface area contributed by atoms with Crippen LogP contribution in [0.5, 0.6) is 0 Å². The lowest BCUT2D eigenvalue weighted by Gasteiger charge is -2.06. The van der Waals surface area contributed by atoms with Crippen molar-refractivity contribution >= 4 is 11.6 Å². The molecule has 0 fully saturated rings. The van der Waals surface area contributed by atoms with Gasteiger partial charge in [-0.15, -0.1) is 0 Å². The maximum Gasteiger partial charge on any atom is 0.145 e. The Morgan fingerprint density at radius 2 is 2.11 bits per heavy atom. The first-order valence-electron chi connectivity index (χ1n) is 5.87. The van der Waals surface area contributed by atoms with Crippen molar-refractivity contribution in [2.75, 3.05) is 0 Å². The van der Waals surface area contributed by atoms with Gasteiger partial charge in [0.15, 0.2) is 0 Å². The highest BCUT2D eigenvalue weighted by Crippen LogP contribution is 2.21. The summed E-state index contributed by atoms with van der Waals surface area (Å²) in [5.41, 5.74) is 3.61. The zero-order valence-electron chi connectivity index (χ0n) is 10.4. The minimum absolute atomic E-state index is 0.428. The van der Waals surface area contributed by atoms with Crippen LogP contribution in [0.1, 0.15) is 29.3 Å². The van der Waals surface area contributed by atoms with E-state index >= 15 is 0 Å². The number of halogens is 1. The number of aromatic nitrogens is 2. The summed E-state index contributed by atoms with van der Waals surface area (Å²) in [7, 11) is 0. The van der Waals surface area contributed by atoms with Crippen LogP contribution in [-0.4, -0.2) is 9.78 Å². The second-order valence-electron chi connectivity index (χ2n) is 4.16. The number of hydrogen-bond donors (Lipinski definition) is 0. The van der Waals surface area contributed by atoms with Crippen molar-refractivity contribution in [1.29, 1.82) is 5.26 Å². The smallest absolute Gasteiger partial charge is 0.145 e. The molecule has 0 N–H and O–H groups in total. The normalized spacial score (nSPS) is 10.3. The second-order valence-corrected chi connectivity index (χ2v) is 4.52. The van der Waals surface area contributed by atoms with Gasteiger partial charge in [-0.3, -0.25) is 0 Å². The Balaban J connectivity index is 2.39. The number of rotatable bonds is 3. The quantitative estimate of drug-likeness (QED) is 0.848. The van der Waals surface area contributed by atoms with Gasteiger partial charge in [0.2, 0.25) is 0 Å². The highest BCUT2D eigenvalue weighted by atomic mass is 35.5. The van der Waals surface area contributed by atoms with Gasteiger partial charge in [0.05, 0.1) is 12.2 Å². The number of nitriles is 1. The lowest BCUT2D eigenvalue weighted by Crippen LogP contribution is -2.03. The molecular weight excluding hydrogens is 246 g/mol. The molecule has 0 saturated heterocycles. The monoisotopic (exact) mass is 259 g/mol. The van der Waals surface area contributed by atoms with Gasteiger partial charge in [-0.25, -0.2) is 4.68 Å². The fraction of sp³-hybridized carbons (Fsp3) is 0.286. The number of benzene rings is 1. The molecule has 0 spiro atoms. The van der Waals surface area contributed by atoms with Gasteiger partial charge in [-0.2, -0.15) is 10.4 Å². The van der Waals surface area contributed by atoms with E-state index in [0.717, 1.165) is 11.3 Å². The van der Waals surface area contributed by atoms with E-state index in [1.54, 1.807) is 4.68 Å². The van der Waals surface area contributed by atoms with Crippen molar-refractivity contribution in [3.8, 4) is 6.07 Å². The lowest BCUT2D eigenvalue weighted by molar-refractivity contribution is 0.672. The van der Waals surface area contributed by atoms with Crippen molar-refractivity contribution in [3.05, 3.63) is 51.8 Å². The lowest BCUT2D eigenvalue weighted by atomic mass is 10.1. The minimum atomic E-state index is 0.428.